The lowest BCUT2D eigenvalue weighted by molar-refractivity contribution is -0.117. The minimum atomic E-state index is 0.0242. The number of benzene rings is 2. The Morgan fingerprint density at radius 1 is 1.14 bits per heavy atom. The average Bonchev–Trinajstić information content (AvgIpc) is 2.96. The highest BCUT2D eigenvalue weighted by Crippen LogP contribution is 2.35. The number of hydrogen-bond acceptors (Lipinski definition) is 3. The van der Waals surface area contributed by atoms with Crippen molar-refractivity contribution in [1.29, 1.82) is 0 Å². The summed E-state index contributed by atoms with van der Waals surface area (Å²) >= 11 is 3.38. The van der Waals surface area contributed by atoms with Gasteiger partial charge >= 0.3 is 0 Å². The van der Waals surface area contributed by atoms with Crippen molar-refractivity contribution >= 4 is 27.5 Å². The van der Waals surface area contributed by atoms with E-state index >= 15 is 0 Å². The highest BCUT2D eigenvalue weighted by atomic mass is 79.9. The summed E-state index contributed by atoms with van der Waals surface area (Å²) < 4.78 is 11.6. The molecule has 2 aromatic carbocycles. The van der Waals surface area contributed by atoms with Gasteiger partial charge in [-0.1, -0.05) is 28.1 Å². The molecule has 5 heteroatoms. The third-order valence-electron chi connectivity index (χ3n) is 3.39. The van der Waals surface area contributed by atoms with Crippen LogP contribution in [0.25, 0.3) is 0 Å². The molecule has 0 saturated carbocycles. The maximum Gasteiger partial charge on any atom is 0.231 e. The van der Waals surface area contributed by atoms with E-state index in [9.17, 15) is 4.79 Å². The van der Waals surface area contributed by atoms with E-state index < -0.39 is 0 Å². The van der Waals surface area contributed by atoms with E-state index in [4.69, 9.17) is 9.47 Å². The molecule has 3 rings (SSSR count). The van der Waals surface area contributed by atoms with Crippen LogP contribution in [-0.2, 0) is 11.2 Å². The number of ether oxygens (including phenoxy) is 2. The summed E-state index contributed by atoms with van der Waals surface area (Å²) in [6.45, 7) is 0.231. The van der Waals surface area contributed by atoms with Crippen LogP contribution in [-0.4, -0.2) is 19.7 Å². The van der Waals surface area contributed by atoms with Crippen molar-refractivity contribution in [2.75, 3.05) is 18.7 Å². The maximum atomic E-state index is 12.3. The highest BCUT2D eigenvalue weighted by Gasteiger charge is 2.17. The first kappa shape index (κ1) is 13.9. The maximum absolute atomic E-state index is 12.3. The largest absolute Gasteiger partial charge is 0.454 e. The smallest absolute Gasteiger partial charge is 0.231 e. The van der Waals surface area contributed by atoms with E-state index in [2.05, 4.69) is 15.9 Å². The first-order valence-electron chi connectivity index (χ1n) is 6.54. The summed E-state index contributed by atoms with van der Waals surface area (Å²) in [6.07, 6.45) is 0.359. The minimum absolute atomic E-state index is 0.0242. The van der Waals surface area contributed by atoms with Crippen LogP contribution in [0.1, 0.15) is 5.56 Å². The zero-order valence-corrected chi connectivity index (χ0v) is 13.1. The van der Waals surface area contributed by atoms with E-state index in [1.54, 1.807) is 11.9 Å². The van der Waals surface area contributed by atoms with Crippen molar-refractivity contribution in [3.63, 3.8) is 0 Å². The second-order valence-electron chi connectivity index (χ2n) is 4.79. The van der Waals surface area contributed by atoms with Gasteiger partial charge in [0.2, 0.25) is 12.7 Å². The molecule has 1 heterocycles. The number of amides is 1. The molecule has 0 N–H and O–H groups in total. The Morgan fingerprint density at radius 3 is 2.62 bits per heavy atom. The van der Waals surface area contributed by atoms with Gasteiger partial charge in [0.25, 0.3) is 0 Å². The van der Waals surface area contributed by atoms with Crippen LogP contribution in [0.2, 0.25) is 0 Å². The minimum Gasteiger partial charge on any atom is -0.454 e. The van der Waals surface area contributed by atoms with Crippen molar-refractivity contribution in [2.24, 2.45) is 0 Å². The van der Waals surface area contributed by atoms with Crippen LogP contribution in [0.5, 0.6) is 11.5 Å². The summed E-state index contributed by atoms with van der Waals surface area (Å²) in [6, 6.07) is 13.2. The fraction of sp³-hybridized carbons (Fsp3) is 0.188. The zero-order valence-electron chi connectivity index (χ0n) is 11.5. The standard InChI is InChI=1S/C16H14BrNO3/c1-18(13-6-7-14-15(9-13)21-10-20-14)16(19)8-11-2-4-12(17)5-3-11/h2-7,9H,8,10H2,1H3. The monoisotopic (exact) mass is 347 g/mol. The number of anilines is 1. The molecule has 2 aromatic rings. The summed E-state index contributed by atoms with van der Waals surface area (Å²) in [5.74, 6) is 1.42. The predicted molar refractivity (Wildman–Crippen MR) is 83.8 cm³/mol. The van der Waals surface area contributed by atoms with Gasteiger partial charge in [-0.15, -0.1) is 0 Å². The Balaban J connectivity index is 1.73. The number of carbonyl (C=O) groups excluding carboxylic acids is 1. The number of nitrogens with zero attached hydrogens (tertiary/aromatic N) is 1. The van der Waals surface area contributed by atoms with E-state index in [0.717, 1.165) is 15.7 Å². The average molecular weight is 348 g/mol. The molecule has 0 spiro atoms. The van der Waals surface area contributed by atoms with Crippen molar-refractivity contribution < 1.29 is 14.3 Å². The summed E-state index contributed by atoms with van der Waals surface area (Å²) in [5, 5.41) is 0. The fourth-order valence-electron chi connectivity index (χ4n) is 2.13. The van der Waals surface area contributed by atoms with E-state index in [0.29, 0.717) is 17.9 Å². The lowest BCUT2D eigenvalue weighted by Crippen LogP contribution is -2.27. The molecule has 0 bridgehead atoms. The zero-order chi connectivity index (χ0) is 14.8. The second-order valence-corrected chi connectivity index (χ2v) is 5.71. The van der Waals surface area contributed by atoms with Crippen LogP contribution >= 0.6 is 15.9 Å². The van der Waals surface area contributed by atoms with Crippen molar-refractivity contribution in [3.8, 4) is 11.5 Å². The molecule has 0 unspecified atom stereocenters. The predicted octanol–water partition coefficient (Wildman–Crippen LogP) is 3.38. The lowest BCUT2D eigenvalue weighted by atomic mass is 10.1. The number of hydrogen-bond donors (Lipinski definition) is 0. The molecule has 0 radical (unpaired) electrons. The molecule has 21 heavy (non-hydrogen) atoms. The Labute approximate surface area is 131 Å². The van der Waals surface area contributed by atoms with Crippen LogP contribution in [0.15, 0.2) is 46.9 Å². The van der Waals surface area contributed by atoms with E-state index in [1.807, 2.05) is 42.5 Å². The number of carbonyl (C=O) groups is 1. The molecule has 0 fully saturated rings. The molecule has 0 saturated heterocycles. The van der Waals surface area contributed by atoms with Gasteiger partial charge in [0.1, 0.15) is 0 Å². The summed E-state index contributed by atoms with van der Waals surface area (Å²) in [5.41, 5.74) is 1.78. The van der Waals surface area contributed by atoms with E-state index in [1.165, 1.54) is 0 Å². The van der Waals surface area contributed by atoms with Gasteiger partial charge in [0, 0.05) is 23.3 Å². The number of fused-ring (bicyclic) bond motifs is 1. The number of halogens is 1. The van der Waals surface area contributed by atoms with Gasteiger partial charge in [-0.05, 0) is 29.8 Å². The SMILES string of the molecule is CN(C(=O)Cc1ccc(Br)cc1)c1ccc2c(c1)OCO2. The Hall–Kier alpha value is -2.01. The van der Waals surface area contributed by atoms with Crippen molar-refractivity contribution in [2.45, 2.75) is 6.42 Å². The lowest BCUT2D eigenvalue weighted by Gasteiger charge is -2.17. The molecule has 1 aliphatic heterocycles. The molecule has 0 atom stereocenters. The molecular weight excluding hydrogens is 334 g/mol. The summed E-state index contributed by atoms with van der Waals surface area (Å²) in [7, 11) is 1.76. The van der Waals surface area contributed by atoms with Crippen LogP contribution in [0.3, 0.4) is 0 Å². The number of likely N-dealkylation sites (N-methyl/N-ethyl adjacent to an activating group) is 1. The van der Waals surface area contributed by atoms with Gasteiger partial charge in [0.05, 0.1) is 6.42 Å². The molecule has 1 amide bonds. The van der Waals surface area contributed by atoms with Crippen molar-refractivity contribution in [1.82, 2.24) is 0 Å². The Kier molecular flexibility index (Phi) is 3.84. The summed E-state index contributed by atoms with van der Waals surface area (Å²) in [4.78, 5) is 14.0. The first-order chi connectivity index (χ1) is 10.1. The molecule has 1 aliphatic rings. The third kappa shape index (κ3) is 3.03. The fourth-order valence-corrected chi connectivity index (χ4v) is 2.40. The topological polar surface area (TPSA) is 38.8 Å². The van der Waals surface area contributed by atoms with Crippen LogP contribution in [0.4, 0.5) is 5.69 Å². The Morgan fingerprint density at radius 2 is 1.86 bits per heavy atom. The molecule has 4 nitrogen and oxygen atoms in total. The van der Waals surface area contributed by atoms with Crippen molar-refractivity contribution in [3.05, 3.63) is 52.5 Å². The Bertz CT molecular complexity index is 670. The van der Waals surface area contributed by atoms with E-state index in [-0.39, 0.29) is 12.7 Å². The normalized spacial score (nSPS) is 12.3. The molecule has 108 valence electrons. The molecule has 0 aliphatic carbocycles. The number of rotatable bonds is 3. The third-order valence-corrected chi connectivity index (χ3v) is 3.91. The van der Waals surface area contributed by atoms with Gasteiger partial charge in [-0.3, -0.25) is 4.79 Å². The highest BCUT2D eigenvalue weighted by molar-refractivity contribution is 9.10. The molecular formula is C16H14BrNO3. The van der Waals surface area contributed by atoms with Gasteiger partial charge in [-0.2, -0.15) is 0 Å². The van der Waals surface area contributed by atoms with Crippen LogP contribution < -0.4 is 14.4 Å². The van der Waals surface area contributed by atoms with Crippen LogP contribution in [0, 0.1) is 0 Å². The van der Waals surface area contributed by atoms with Gasteiger partial charge < -0.3 is 14.4 Å². The molecule has 0 aromatic heterocycles. The first-order valence-corrected chi connectivity index (χ1v) is 7.33. The van der Waals surface area contributed by atoms with Gasteiger partial charge in [0.15, 0.2) is 11.5 Å². The second kappa shape index (κ2) is 5.77. The quantitative estimate of drug-likeness (QED) is 0.854. The van der Waals surface area contributed by atoms with Gasteiger partial charge in [-0.25, -0.2) is 0 Å².